The standard InChI is InChI=1S/C22H18FN3O4/c23-26-19-9-14-18(25(13-6-7-13)11-15(20(14)27)22(29)30)10-16(19)24-17(21(26)28)8-12-4-2-1-3-5-12/h1-5,9-11,13,17,24H,6-8H2,(H,29,30)/t17-/m0/s1. The number of carboxylic acids is 1. The van der Waals surface area contributed by atoms with Crippen LogP contribution in [0.4, 0.5) is 15.9 Å². The molecule has 152 valence electrons. The van der Waals surface area contributed by atoms with Crippen molar-refractivity contribution < 1.29 is 19.2 Å². The molecule has 0 bridgehead atoms. The Labute approximate surface area is 170 Å². The normalized spacial score (nSPS) is 18.2. The Morgan fingerprint density at radius 3 is 2.57 bits per heavy atom. The van der Waals surface area contributed by atoms with Gasteiger partial charge in [-0.1, -0.05) is 34.8 Å². The average Bonchev–Trinajstić information content (AvgIpc) is 3.57. The van der Waals surface area contributed by atoms with Crippen LogP contribution in [0.5, 0.6) is 0 Å². The van der Waals surface area contributed by atoms with Gasteiger partial charge in [0.2, 0.25) is 5.43 Å². The van der Waals surface area contributed by atoms with Crippen molar-refractivity contribution in [1.82, 2.24) is 4.57 Å². The predicted octanol–water partition coefficient (Wildman–Crippen LogP) is 3.29. The van der Waals surface area contributed by atoms with Gasteiger partial charge in [0.1, 0.15) is 17.3 Å². The van der Waals surface area contributed by atoms with E-state index in [0.29, 0.717) is 17.6 Å². The van der Waals surface area contributed by atoms with Crippen molar-refractivity contribution in [3.8, 4) is 0 Å². The fourth-order valence-electron chi connectivity index (χ4n) is 3.96. The number of benzene rings is 2. The smallest absolute Gasteiger partial charge is 0.341 e. The minimum Gasteiger partial charge on any atom is -0.477 e. The lowest BCUT2D eigenvalue weighted by atomic mass is 10.0. The molecule has 3 aromatic rings. The lowest BCUT2D eigenvalue weighted by Crippen LogP contribution is -2.44. The first-order chi connectivity index (χ1) is 14.4. The summed E-state index contributed by atoms with van der Waals surface area (Å²) in [6.07, 6.45) is 3.43. The van der Waals surface area contributed by atoms with E-state index in [4.69, 9.17) is 0 Å². The van der Waals surface area contributed by atoms with Crippen molar-refractivity contribution in [3.05, 3.63) is 70.0 Å². The fraction of sp³-hybridized carbons (Fsp3) is 0.227. The molecule has 0 spiro atoms. The summed E-state index contributed by atoms with van der Waals surface area (Å²) in [7, 11) is 0. The van der Waals surface area contributed by atoms with Crippen LogP contribution in [-0.2, 0) is 11.2 Å². The highest BCUT2D eigenvalue weighted by atomic mass is 19.2. The first-order valence-electron chi connectivity index (χ1n) is 9.70. The van der Waals surface area contributed by atoms with E-state index in [1.165, 1.54) is 12.3 Å². The molecule has 2 aromatic carbocycles. The first-order valence-corrected chi connectivity index (χ1v) is 9.70. The zero-order valence-electron chi connectivity index (χ0n) is 15.8. The molecule has 0 saturated heterocycles. The number of amides is 1. The molecule has 1 aliphatic heterocycles. The molecule has 2 aliphatic rings. The minimum atomic E-state index is -1.33. The molecule has 0 unspecified atom stereocenters. The van der Waals surface area contributed by atoms with Crippen LogP contribution in [0.3, 0.4) is 0 Å². The SMILES string of the molecule is O=C(O)c1cn(C2CC2)c2cc3c(cc2c1=O)N(F)C(=O)[C@H](Cc1ccccc1)N3. The number of fused-ring (bicyclic) bond motifs is 2. The summed E-state index contributed by atoms with van der Waals surface area (Å²) in [5.74, 6) is -2.09. The largest absolute Gasteiger partial charge is 0.477 e. The highest BCUT2D eigenvalue weighted by Gasteiger charge is 2.35. The molecular formula is C22H18FN3O4. The van der Waals surface area contributed by atoms with E-state index in [1.807, 2.05) is 30.3 Å². The number of nitrogens with one attached hydrogen (secondary N) is 1. The molecule has 1 atom stereocenters. The van der Waals surface area contributed by atoms with Gasteiger partial charge < -0.3 is 15.0 Å². The molecule has 7 nitrogen and oxygen atoms in total. The van der Waals surface area contributed by atoms with Crippen LogP contribution < -0.4 is 15.9 Å². The molecule has 0 radical (unpaired) electrons. The van der Waals surface area contributed by atoms with Crippen LogP contribution in [0.25, 0.3) is 10.9 Å². The summed E-state index contributed by atoms with van der Waals surface area (Å²) in [5.41, 5.74) is 0.671. The second-order valence-electron chi connectivity index (χ2n) is 7.71. The lowest BCUT2D eigenvalue weighted by molar-refractivity contribution is -0.122. The summed E-state index contributed by atoms with van der Waals surface area (Å²) >= 11 is 0. The van der Waals surface area contributed by atoms with Crippen molar-refractivity contribution in [3.63, 3.8) is 0 Å². The number of aromatic nitrogens is 1. The maximum atomic E-state index is 14.9. The van der Waals surface area contributed by atoms with Gasteiger partial charge >= 0.3 is 5.97 Å². The number of pyridine rings is 1. The van der Waals surface area contributed by atoms with Gasteiger partial charge in [0.25, 0.3) is 5.91 Å². The maximum absolute atomic E-state index is 14.9. The van der Waals surface area contributed by atoms with Crippen LogP contribution >= 0.6 is 0 Å². The Morgan fingerprint density at radius 2 is 1.90 bits per heavy atom. The van der Waals surface area contributed by atoms with Crippen molar-refractivity contribution in [1.29, 1.82) is 0 Å². The second kappa shape index (κ2) is 6.69. The number of hydrogen-bond acceptors (Lipinski definition) is 4. The Morgan fingerprint density at radius 1 is 1.17 bits per heavy atom. The number of carbonyl (C=O) groups is 2. The van der Waals surface area contributed by atoms with E-state index in [0.717, 1.165) is 18.4 Å². The topological polar surface area (TPSA) is 91.6 Å². The van der Waals surface area contributed by atoms with Gasteiger partial charge in [0.05, 0.1) is 11.2 Å². The molecule has 1 amide bonds. The Kier molecular flexibility index (Phi) is 4.09. The molecule has 1 fully saturated rings. The van der Waals surface area contributed by atoms with E-state index >= 15 is 0 Å². The first kappa shape index (κ1) is 18.4. The van der Waals surface area contributed by atoms with Crippen LogP contribution in [0.15, 0.2) is 53.5 Å². The van der Waals surface area contributed by atoms with Crippen molar-refractivity contribution in [2.45, 2.75) is 31.3 Å². The van der Waals surface area contributed by atoms with Gasteiger partial charge in [-0.05, 0) is 30.5 Å². The number of halogens is 1. The van der Waals surface area contributed by atoms with E-state index in [-0.39, 0.29) is 27.8 Å². The molecule has 2 N–H and O–H groups in total. The number of nitrogens with zero attached hydrogens (tertiary/aromatic N) is 2. The summed E-state index contributed by atoms with van der Waals surface area (Å²) in [6, 6.07) is 11.5. The number of anilines is 2. The quantitative estimate of drug-likeness (QED) is 0.648. The van der Waals surface area contributed by atoms with E-state index < -0.39 is 23.3 Å². The van der Waals surface area contributed by atoms with Gasteiger partial charge in [-0.3, -0.25) is 9.59 Å². The lowest BCUT2D eigenvalue weighted by Gasteiger charge is -2.30. The Hall–Kier alpha value is -3.68. The summed E-state index contributed by atoms with van der Waals surface area (Å²) in [5, 5.41) is 12.6. The fourth-order valence-corrected chi connectivity index (χ4v) is 3.96. The van der Waals surface area contributed by atoms with Gasteiger partial charge in [0, 0.05) is 24.0 Å². The maximum Gasteiger partial charge on any atom is 0.341 e. The highest BCUT2D eigenvalue weighted by molar-refractivity contribution is 6.07. The molecule has 1 aliphatic carbocycles. The highest BCUT2D eigenvalue weighted by Crippen LogP contribution is 2.40. The Bertz CT molecular complexity index is 1250. The minimum absolute atomic E-state index is 0.0488. The predicted molar refractivity (Wildman–Crippen MR) is 110 cm³/mol. The third-order valence-electron chi connectivity index (χ3n) is 5.64. The third kappa shape index (κ3) is 2.92. The van der Waals surface area contributed by atoms with Crippen molar-refractivity contribution >= 4 is 34.2 Å². The monoisotopic (exact) mass is 407 g/mol. The molecule has 5 rings (SSSR count). The zero-order chi connectivity index (χ0) is 21.0. The second-order valence-corrected chi connectivity index (χ2v) is 7.71. The third-order valence-corrected chi connectivity index (χ3v) is 5.64. The number of carboxylic acid groups (broad SMARTS) is 1. The molecular weight excluding hydrogens is 389 g/mol. The Balaban J connectivity index is 1.64. The molecule has 1 saturated carbocycles. The number of rotatable bonds is 4. The van der Waals surface area contributed by atoms with Crippen LogP contribution in [-0.4, -0.2) is 27.6 Å². The van der Waals surface area contributed by atoms with E-state index in [9.17, 15) is 24.0 Å². The molecule has 2 heterocycles. The van der Waals surface area contributed by atoms with Gasteiger partial charge in [-0.25, -0.2) is 4.79 Å². The van der Waals surface area contributed by atoms with Crippen LogP contribution in [0.1, 0.15) is 34.8 Å². The van der Waals surface area contributed by atoms with E-state index in [1.54, 1.807) is 10.6 Å². The average molecular weight is 407 g/mol. The number of aromatic carboxylic acids is 1. The van der Waals surface area contributed by atoms with Crippen molar-refractivity contribution in [2.24, 2.45) is 0 Å². The molecule has 30 heavy (non-hydrogen) atoms. The van der Waals surface area contributed by atoms with Crippen molar-refractivity contribution in [2.75, 3.05) is 10.4 Å². The molecule has 8 heteroatoms. The van der Waals surface area contributed by atoms with Gasteiger partial charge in [-0.15, -0.1) is 5.12 Å². The van der Waals surface area contributed by atoms with E-state index in [2.05, 4.69) is 5.32 Å². The summed E-state index contributed by atoms with van der Waals surface area (Å²) in [4.78, 5) is 36.8. The summed E-state index contributed by atoms with van der Waals surface area (Å²) < 4.78 is 16.7. The number of carbonyl (C=O) groups excluding carboxylic acids is 1. The zero-order valence-corrected chi connectivity index (χ0v) is 15.8. The van der Waals surface area contributed by atoms with Crippen LogP contribution in [0, 0.1) is 0 Å². The summed E-state index contributed by atoms with van der Waals surface area (Å²) in [6.45, 7) is 0. The number of hydrogen-bond donors (Lipinski definition) is 2. The van der Waals surface area contributed by atoms with Gasteiger partial charge in [-0.2, -0.15) is 0 Å². The molecule has 1 aromatic heterocycles. The van der Waals surface area contributed by atoms with Gasteiger partial charge in [0.15, 0.2) is 0 Å². The van der Waals surface area contributed by atoms with Crippen LogP contribution in [0.2, 0.25) is 0 Å².